The largest absolute Gasteiger partial charge is 0.313 e. The molecule has 108 valence electrons. The minimum atomic E-state index is -2.41. The van der Waals surface area contributed by atoms with E-state index < -0.39 is 5.92 Å². The van der Waals surface area contributed by atoms with Gasteiger partial charge >= 0.3 is 0 Å². The fraction of sp³-hybridized carbons (Fsp3) is 1.00. The molecule has 1 nitrogen and oxygen atoms in total. The topological polar surface area (TPSA) is 12.0 Å². The van der Waals surface area contributed by atoms with Crippen molar-refractivity contribution in [2.75, 3.05) is 12.3 Å². The Labute approximate surface area is 114 Å². The van der Waals surface area contributed by atoms with Crippen molar-refractivity contribution in [3.8, 4) is 0 Å². The summed E-state index contributed by atoms with van der Waals surface area (Å²) in [5.41, 5.74) is 0. The molecule has 1 rings (SSSR count). The van der Waals surface area contributed by atoms with E-state index in [1.807, 2.05) is 11.8 Å². The van der Waals surface area contributed by atoms with E-state index in [2.05, 4.69) is 26.1 Å². The molecule has 1 aliphatic rings. The van der Waals surface area contributed by atoms with Crippen LogP contribution in [0.4, 0.5) is 8.78 Å². The monoisotopic (exact) mass is 279 g/mol. The lowest BCUT2D eigenvalue weighted by atomic mass is 9.83. The molecule has 0 aromatic rings. The second kappa shape index (κ2) is 7.68. The van der Waals surface area contributed by atoms with Crippen LogP contribution >= 0.6 is 11.8 Å². The molecule has 0 aliphatic heterocycles. The molecule has 1 N–H and O–H groups in total. The Bertz CT molecular complexity index is 234. The van der Waals surface area contributed by atoms with E-state index in [-0.39, 0.29) is 18.8 Å². The standard InChI is InChI=1S/C14H27F2NS/c1-4-17-13(10-18-11(2)3)8-12-6-5-7-14(15,16)9-12/h11-13,17H,4-10H2,1-3H3. The van der Waals surface area contributed by atoms with Crippen LogP contribution in [0, 0.1) is 5.92 Å². The zero-order chi connectivity index (χ0) is 13.6. The van der Waals surface area contributed by atoms with Gasteiger partial charge in [0, 0.05) is 24.6 Å². The van der Waals surface area contributed by atoms with Gasteiger partial charge in [-0.25, -0.2) is 8.78 Å². The summed E-state index contributed by atoms with van der Waals surface area (Å²) in [5, 5.41) is 4.06. The SMILES string of the molecule is CCNC(CSC(C)C)CC1CCCC(F)(F)C1. The van der Waals surface area contributed by atoms with E-state index in [1.54, 1.807) is 0 Å². The summed E-state index contributed by atoms with van der Waals surface area (Å²) in [6.07, 6.45) is 2.76. The Morgan fingerprint density at radius 1 is 1.39 bits per heavy atom. The Morgan fingerprint density at radius 2 is 2.11 bits per heavy atom. The van der Waals surface area contributed by atoms with E-state index >= 15 is 0 Å². The van der Waals surface area contributed by atoms with Gasteiger partial charge in [-0.05, 0) is 37.0 Å². The quantitative estimate of drug-likeness (QED) is 0.745. The van der Waals surface area contributed by atoms with E-state index in [9.17, 15) is 8.78 Å². The van der Waals surface area contributed by atoms with Crippen molar-refractivity contribution in [2.45, 2.75) is 70.1 Å². The van der Waals surface area contributed by atoms with Gasteiger partial charge < -0.3 is 5.32 Å². The molecule has 4 heteroatoms. The maximum atomic E-state index is 13.4. The summed E-state index contributed by atoms with van der Waals surface area (Å²) >= 11 is 1.92. The smallest absolute Gasteiger partial charge is 0.248 e. The van der Waals surface area contributed by atoms with Crippen LogP contribution in [0.3, 0.4) is 0 Å². The Morgan fingerprint density at radius 3 is 2.67 bits per heavy atom. The number of thioether (sulfide) groups is 1. The third kappa shape index (κ3) is 6.37. The van der Waals surface area contributed by atoms with Crippen molar-refractivity contribution >= 4 is 11.8 Å². The normalized spacial score (nSPS) is 25.3. The van der Waals surface area contributed by atoms with Crippen molar-refractivity contribution in [2.24, 2.45) is 5.92 Å². The lowest BCUT2D eigenvalue weighted by Crippen LogP contribution is -2.36. The molecule has 2 atom stereocenters. The molecular formula is C14H27F2NS. The number of halogens is 2. The lowest BCUT2D eigenvalue weighted by molar-refractivity contribution is -0.0544. The fourth-order valence-electron chi connectivity index (χ4n) is 2.69. The van der Waals surface area contributed by atoms with Crippen LogP contribution in [-0.2, 0) is 0 Å². The Hall–Kier alpha value is 0.170. The van der Waals surface area contributed by atoms with Crippen molar-refractivity contribution in [1.82, 2.24) is 5.32 Å². The molecule has 0 spiro atoms. The summed E-state index contributed by atoms with van der Waals surface area (Å²) in [7, 11) is 0. The molecule has 0 amide bonds. The van der Waals surface area contributed by atoms with Gasteiger partial charge in [0.1, 0.15) is 0 Å². The summed E-state index contributed by atoms with van der Waals surface area (Å²) in [4.78, 5) is 0. The van der Waals surface area contributed by atoms with E-state index in [4.69, 9.17) is 0 Å². The first-order valence-corrected chi connectivity index (χ1v) is 8.20. The molecule has 1 aliphatic carbocycles. The highest BCUT2D eigenvalue weighted by Crippen LogP contribution is 2.38. The van der Waals surface area contributed by atoms with Crippen LogP contribution < -0.4 is 5.32 Å². The van der Waals surface area contributed by atoms with Gasteiger partial charge in [-0.2, -0.15) is 11.8 Å². The maximum absolute atomic E-state index is 13.4. The molecule has 1 saturated carbocycles. The van der Waals surface area contributed by atoms with Gasteiger partial charge in [0.15, 0.2) is 0 Å². The zero-order valence-corrected chi connectivity index (χ0v) is 12.7. The summed E-state index contributed by atoms with van der Waals surface area (Å²) < 4.78 is 26.8. The molecule has 0 heterocycles. The summed E-state index contributed by atoms with van der Waals surface area (Å²) in [6.45, 7) is 7.37. The summed E-state index contributed by atoms with van der Waals surface area (Å²) in [6, 6.07) is 0.390. The van der Waals surface area contributed by atoms with Crippen LogP contribution in [0.1, 0.15) is 52.9 Å². The Kier molecular flexibility index (Phi) is 6.93. The first-order chi connectivity index (χ1) is 8.43. The second-order valence-electron chi connectivity index (χ2n) is 5.69. The van der Waals surface area contributed by atoms with E-state index in [1.165, 1.54) is 0 Å². The second-order valence-corrected chi connectivity index (χ2v) is 7.30. The Balaban J connectivity index is 2.39. The zero-order valence-electron chi connectivity index (χ0n) is 11.8. The highest BCUT2D eigenvalue weighted by Gasteiger charge is 2.36. The first-order valence-electron chi connectivity index (χ1n) is 7.15. The van der Waals surface area contributed by atoms with Gasteiger partial charge in [-0.15, -0.1) is 0 Å². The number of nitrogens with one attached hydrogen (secondary N) is 1. The van der Waals surface area contributed by atoms with Crippen LogP contribution in [0.25, 0.3) is 0 Å². The van der Waals surface area contributed by atoms with Crippen molar-refractivity contribution in [3.63, 3.8) is 0 Å². The van der Waals surface area contributed by atoms with Crippen molar-refractivity contribution < 1.29 is 8.78 Å². The molecule has 0 saturated heterocycles. The molecule has 0 radical (unpaired) electrons. The molecule has 0 aromatic heterocycles. The van der Waals surface area contributed by atoms with Crippen molar-refractivity contribution in [3.05, 3.63) is 0 Å². The number of alkyl halides is 2. The molecule has 2 unspecified atom stereocenters. The summed E-state index contributed by atoms with van der Waals surface area (Å²) in [5.74, 6) is -1.18. The van der Waals surface area contributed by atoms with E-state index in [0.717, 1.165) is 25.1 Å². The highest BCUT2D eigenvalue weighted by molar-refractivity contribution is 7.99. The number of hydrogen-bond donors (Lipinski definition) is 1. The molecule has 0 bridgehead atoms. The maximum Gasteiger partial charge on any atom is 0.248 e. The van der Waals surface area contributed by atoms with Crippen molar-refractivity contribution in [1.29, 1.82) is 0 Å². The molecule has 0 aromatic carbocycles. The average molecular weight is 279 g/mol. The van der Waals surface area contributed by atoms with Gasteiger partial charge in [0.05, 0.1) is 0 Å². The number of hydrogen-bond acceptors (Lipinski definition) is 2. The fourth-order valence-corrected chi connectivity index (χ4v) is 3.56. The van der Waals surface area contributed by atoms with E-state index in [0.29, 0.717) is 17.7 Å². The third-order valence-electron chi connectivity index (χ3n) is 3.48. The highest BCUT2D eigenvalue weighted by atomic mass is 32.2. The average Bonchev–Trinajstić information content (AvgIpc) is 2.24. The molecule has 1 fully saturated rings. The van der Waals surface area contributed by atoms with Crippen LogP contribution in [0.5, 0.6) is 0 Å². The van der Waals surface area contributed by atoms with Gasteiger partial charge in [-0.1, -0.05) is 20.8 Å². The van der Waals surface area contributed by atoms with Gasteiger partial charge in [-0.3, -0.25) is 0 Å². The van der Waals surface area contributed by atoms with Gasteiger partial charge in [0.2, 0.25) is 5.92 Å². The minimum absolute atomic E-state index is 0.0934. The minimum Gasteiger partial charge on any atom is -0.313 e. The predicted octanol–water partition coefficient (Wildman–Crippen LogP) is 4.32. The van der Waals surface area contributed by atoms with Crippen LogP contribution in [-0.4, -0.2) is 29.5 Å². The lowest BCUT2D eigenvalue weighted by Gasteiger charge is -2.31. The van der Waals surface area contributed by atoms with Crippen LogP contribution in [0.15, 0.2) is 0 Å². The third-order valence-corrected chi connectivity index (χ3v) is 4.75. The first kappa shape index (κ1) is 16.2. The van der Waals surface area contributed by atoms with Crippen LogP contribution in [0.2, 0.25) is 0 Å². The predicted molar refractivity (Wildman–Crippen MR) is 76.6 cm³/mol. The van der Waals surface area contributed by atoms with Gasteiger partial charge in [0.25, 0.3) is 0 Å². The molecular weight excluding hydrogens is 252 g/mol. The molecule has 18 heavy (non-hydrogen) atoms. The number of rotatable bonds is 7.